The molecule has 6 heteroatoms. The smallest absolute Gasteiger partial charge is 0.308 e. The second kappa shape index (κ2) is 4.29. The number of carboxylic acid groups (broad SMARTS) is 1. The quantitative estimate of drug-likeness (QED) is 0.897. The number of hydrogen-bond donors (Lipinski definition) is 1. The first-order valence-electron chi connectivity index (χ1n) is 4.84. The number of likely N-dealkylation sites (tertiary alicyclic amines) is 1. The van der Waals surface area contributed by atoms with E-state index in [1.807, 2.05) is 0 Å². The van der Waals surface area contributed by atoms with Gasteiger partial charge in [0.05, 0.1) is 11.5 Å². The molecule has 1 aromatic rings. The van der Waals surface area contributed by atoms with Crippen molar-refractivity contribution in [3.63, 3.8) is 0 Å². The van der Waals surface area contributed by atoms with Crippen LogP contribution in [-0.4, -0.2) is 35.0 Å². The Morgan fingerprint density at radius 2 is 2.31 bits per heavy atom. The van der Waals surface area contributed by atoms with Crippen LogP contribution in [0.5, 0.6) is 0 Å². The van der Waals surface area contributed by atoms with E-state index in [0.717, 1.165) is 0 Å². The molecule has 86 valence electrons. The van der Waals surface area contributed by atoms with E-state index in [9.17, 15) is 9.59 Å². The van der Waals surface area contributed by atoms with E-state index < -0.39 is 11.9 Å². The van der Waals surface area contributed by atoms with Gasteiger partial charge < -0.3 is 14.4 Å². The fourth-order valence-electron chi connectivity index (χ4n) is 1.75. The Balaban J connectivity index is 2.05. The van der Waals surface area contributed by atoms with Crippen LogP contribution in [0.1, 0.15) is 16.8 Å². The molecule has 0 bridgehead atoms. The Hall–Kier alpha value is -1.30. The Kier molecular flexibility index (Phi) is 3.00. The van der Waals surface area contributed by atoms with Gasteiger partial charge in [0.25, 0.3) is 5.91 Å². The van der Waals surface area contributed by atoms with Crippen molar-refractivity contribution in [2.45, 2.75) is 6.42 Å². The number of carboxylic acids is 1. The molecule has 1 amide bonds. The third kappa shape index (κ3) is 2.11. The number of halogens is 1. The molecule has 2 rings (SSSR count). The number of hydrogen-bond acceptors (Lipinski definition) is 3. The van der Waals surface area contributed by atoms with Gasteiger partial charge >= 0.3 is 5.97 Å². The molecular formula is C10H10BrNO4. The molecule has 16 heavy (non-hydrogen) atoms. The van der Waals surface area contributed by atoms with Crippen LogP contribution >= 0.6 is 15.9 Å². The average molecular weight is 288 g/mol. The zero-order valence-corrected chi connectivity index (χ0v) is 9.94. The van der Waals surface area contributed by atoms with Crippen molar-refractivity contribution in [2.24, 2.45) is 5.92 Å². The van der Waals surface area contributed by atoms with Gasteiger partial charge in [-0.3, -0.25) is 9.59 Å². The van der Waals surface area contributed by atoms with Crippen molar-refractivity contribution in [3.8, 4) is 0 Å². The van der Waals surface area contributed by atoms with Crippen LogP contribution in [0.3, 0.4) is 0 Å². The lowest BCUT2D eigenvalue weighted by Crippen LogP contribution is -2.29. The molecule has 1 aliphatic rings. The van der Waals surface area contributed by atoms with Gasteiger partial charge in [-0.1, -0.05) is 0 Å². The molecule has 0 radical (unpaired) electrons. The van der Waals surface area contributed by atoms with Crippen molar-refractivity contribution in [1.29, 1.82) is 0 Å². The van der Waals surface area contributed by atoms with Crippen LogP contribution in [0.25, 0.3) is 0 Å². The van der Waals surface area contributed by atoms with Gasteiger partial charge in [0.2, 0.25) is 0 Å². The first-order chi connectivity index (χ1) is 7.58. The summed E-state index contributed by atoms with van der Waals surface area (Å²) in [7, 11) is 0. The standard InChI is InChI=1S/C10H10BrNO4/c11-8-3-7(5-16-8)9(13)12-2-1-6(4-12)10(14)15/h3,5-6H,1-2,4H2,(H,14,15). The van der Waals surface area contributed by atoms with Crippen LogP contribution in [0.2, 0.25) is 0 Å². The maximum absolute atomic E-state index is 11.9. The first-order valence-corrected chi connectivity index (χ1v) is 5.63. The lowest BCUT2D eigenvalue weighted by atomic mass is 10.1. The van der Waals surface area contributed by atoms with Crippen molar-refractivity contribution < 1.29 is 19.1 Å². The third-order valence-corrected chi connectivity index (χ3v) is 3.05. The number of amides is 1. The van der Waals surface area contributed by atoms with Gasteiger partial charge in [0.15, 0.2) is 4.67 Å². The molecule has 1 N–H and O–H groups in total. The van der Waals surface area contributed by atoms with Gasteiger partial charge in [-0.25, -0.2) is 0 Å². The van der Waals surface area contributed by atoms with E-state index in [2.05, 4.69) is 15.9 Å². The van der Waals surface area contributed by atoms with Gasteiger partial charge in [-0.05, 0) is 22.4 Å². The number of carbonyl (C=O) groups is 2. The summed E-state index contributed by atoms with van der Waals surface area (Å²) in [6, 6.07) is 1.58. The van der Waals surface area contributed by atoms with Gasteiger partial charge in [-0.15, -0.1) is 0 Å². The van der Waals surface area contributed by atoms with E-state index in [0.29, 0.717) is 23.2 Å². The second-order valence-electron chi connectivity index (χ2n) is 3.71. The Morgan fingerprint density at radius 3 is 2.81 bits per heavy atom. The SMILES string of the molecule is O=C(O)C1CCN(C(=O)c2coc(Br)c2)C1. The minimum atomic E-state index is -0.844. The molecule has 1 aliphatic heterocycles. The summed E-state index contributed by atoms with van der Waals surface area (Å²) >= 11 is 3.11. The summed E-state index contributed by atoms with van der Waals surface area (Å²) in [6.07, 6.45) is 1.88. The predicted molar refractivity (Wildman–Crippen MR) is 58.1 cm³/mol. The normalized spacial score (nSPS) is 20.1. The third-order valence-electron chi connectivity index (χ3n) is 2.64. The number of aliphatic carboxylic acids is 1. The summed E-state index contributed by atoms with van der Waals surface area (Å²) < 4.78 is 5.46. The molecule has 1 aromatic heterocycles. The molecule has 0 saturated carbocycles. The number of carbonyl (C=O) groups excluding carboxylic acids is 1. The first kappa shape index (κ1) is 11.2. The van der Waals surface area contributed by atoms with Crippen LogP contribution in [-0.2, 0) is 4.79 Å². The number of rotatable bonds is 2. The maximum Gasteiger partial charge on any atom is 0.308 e. The minimum Gasteiger partial charge on any atom is -0.481 e. The van der Waals surface area contributed by atoms with E-state index in [4.69, 9.17) is 9.52 Å². The van der Waals surface area contributed by atoms with Crippen LogP contribution in [0.15, 0.2) is 21.4 Å². The highest BCUT2D eigenvalue weighted by molar-refractivity contribution is 9.10. The van der Waals surface area contributed by atoms with E-state index in [1.54, 1.807) is 6.07 Å². The number of furan rings is 1. The lowest BCUT2D eigenvalue weighted by Gasteiger charge is -2.14. The molecule has 0 aromatic carbocycles. The minimum absolute atomic E-state index is 0.182. The van der Waals surface area contributed by atoms with Crippen LogP contribution in [0.4, 0.5) is 0 Å². The highest BCUT2D eigenvalue weighted by Gasteiger charge is 2.31. The van der Waals surface area contributed by atoms with E-state index >= 15 is 0 Å². The zero-order chi connectivity index (χ0) is 11.7. The zero-order valence-electron chi connectivity index (χ0n) is 8.35. The van der Waals surface area contributed by atoms with Gasteiger partial charge in [-0.2, -0.15) is 0 Å². The van der Waals surface area contributed by atoms with Crippen molar-refractivity contribution in [1.82, 2.24) is 4.90 Å². The summed E-state index contributed by atoms with van der Waals surface area (Å²) in [4.78, 5) is 24.2. The molecule has 1 atom stereocenters. The Labute approximate surface area is 100 Å². The van der Waals surface area contributed by atoms with Gasteiger partial charge in [0.1, 0.15) is 6.26 Å². The molecule has 1 unspecified atom stereocenters. The van der Waals surface area contributed by atoms with Crippen LogP contribution in [0, 0.1) is 5.92 Å². The highest BCUT2D eigenvalue weighted by atomic mass is 79.9. The summed E-state index contributed by atoms with van der Waals surface area (Å²) in [6.45, 7) is 0.759. The maximum atomic E-state index is 11.9. The van der Waals surface area contributed by atoms with Gasteiger partial charge in [0, 0.05) is 19.2 Å². The molecular weight excluding hydrogens is 278 g/mol. The molecule has 1 saturated heterocycles. The molecule has 1 fully saturated rings. The Morgan fingerprint density at radius 1 is 1.56 bits per heavy atom. The Bertz CT molecular complexity index is 428. The second-order valence-corrected chi connectivity index (χ2v) is 4.50. The van der Waals surface area contributed by atoms with Crippen LogP contribution < -0.4 is 0 Å². The lowest BCUT2D eigenvalue weighted by molar-refractivity contribution is -0.141. The summed E-state index contributed by atoms with van der Waals surface area (Å²) in [5.74, 6) is -1.47. The van der Waals surface area contributed by atoms with E-state index in [1.165, 1.54) is 11.2 Å². The van der Waals surface area contributed by atoms with Crippen molar-refractivity contribution >= 4 is 27.8 Å². The monoisotopic (exact) mass is 287 g/mol. The summed E-state index contributed by atoms with van der Waals surface area (Å²) in [5, 5.41) is 8.82. The topological polar surface area (TPSA) is 70.8 Å². The fourth-order valence-corrected chi connectivity index (χ4v) is 2.09. The number of nitrogens with zero attached hydrogens (tertiary/aromatic N) is 1. The van der Waals surface area contributed by atoms with E-state index in [-0.39, 0.29) is 12.5 Å². The molecule has 5 nitrogen and oxygen atoms in total. The average Bonchev–Trinajstić information content (AvgIpc) is 2.84. The fraction of sp³-hybridized carbons (Fsp3) is 0.400. The highest BCUT2D eigenvalue weighted by Crippen LogP contribution is 2.21. The predicted octanol–water partition coefficient (Wildman–Crippen LogP) is 1.59. The molecule has 0 aliphatic carbocycles. The molecule has 2 heterocycles. The largest absolute Gasteiger partial charge is 0.481 e. The van der Waals surface area contributed by atoms with Crippen molar-refractivity contribution in [3.05, 3.63) is 22.6 Å². The summed E-state index contributed by atoms with van der Waals surface area (Å²) in [5.41, 5.74) is 0.443. The molecule has 0 spiro atoms. The van der Waals surface area contributed by atoms with Crippen molar-refractivity contribution in [2.75, 3.05) is 13.1 Å².